The lowest BCUT2D eigenvalue weighted by molar-refractivity contribution is 0.137. The van der Waals surface area contributed by atoms with Crippen molar-refractivity contribution in [2.75, 3.05) is 31.6 Å². The van der Waals surface area contributed by atoms with Gasteiger partial charge in [0.2, 0.25) is 0 Å². The molecule has 2 fully saturated rings. The van der Waals surface area contributed by atoms with E-state index in [9.17, 15) is 0 Å². The maximum atomic E-state index is 3.82. The van der Waals surface area contributed by atoms with Gasteiger partial charge in [0.1, 0.15) is 0 Å². The van der Waals surface area contributed by atoms with Gasteiger partial charge >= 0.3 is 0 Å². The van der Waals surface area contributed by atoms with Crippen LogP contribution in [0, 0.1) is 11.8 Å². The van der Waals surface area contributed by atoms with Gasteiger partial charge < -0.3 is 10.2 Å². The molecule has 1 heterocycles. The van der Waals surface area contributed by atoms with Crippen LogP contribution >= 0.6 is 11.8 Å². The van der Waals surface area contributed by atoms with Crippen LogP contribution in [0.1, 0.15) is 39.5 Å². The predicted octanol–water partition coefficient (Wildman–Crippen LogP) is 2.84. The summed E-state index contributed by atoms with van der Waals surface area (Å²) in [7, 11) is 2.32. The van der Waals surface area contributed by atoms with E-state index < -0.39 is 0 Å². The fourth-order valence-corrected chi connectivity index (χ4v) is 5.03. The molecule has 106 valence electrons. The fraction of sp³-hybridized carbons (Fsp3) is 1.00. The van der Waals surface area contributed by atoms with Crippen molar-refractivity contribution in [1.82, 2.24) is 10.2 Å². The van der Waals surface area contributed by atoms with Crippen LogP contribution in [0.4, 0.5) is 0 Å². The highest BCUT2D eigenvalue weighted by Crippen LogP contribution is 2.34. The SMILES string of the molecule is CCNC(C1CCCC(C)C1)C1CSCCN1C. The van der Waals surface area contributed by atoms with E-state index >= 15 is 0 Å². The minimum absolute atomic E-state index is 0.718. The normalized spacial score (nSPS) is 36.5. The van der Waals surface area contributed by atoms with Crippen molar-refractivity contribution < 1.29 is 0 Å². The Bertz CT molecular complexity index is 247. The summed E-state index contributed by atoms with van der Waals surface area (Å²) in [5.74, 6) is 4.47. The average molecular weight is 270 g/mol. The highest BCUT2D eigenvalue weighted by Gasteiger charge is 2.34. The zero-order valence-corrected chi connectivity index (χ0v) is 13.1. The molecule has 0 radical (unpaired) electrons. The number of nitrogens with one attached hydrogen (secondary N) is 1. The first-order chi connectivity index (χ1) is 8.72. The monoisotopic (exact) mass is 270 g/mol. The third-order valence-electron chi connectivity index (χ3n) is 4.78. The molecule has 2 nitrogen and oxygen atoms in total. The van der Waals surface area contributed by atoms with Gasteiger partial charge in [0.25, 0.3) is 0 Å². The molecular weight excluding hydrogens is 240 g/mol. The Hall–Kier alpha value is 0.270. The Balaban J connectivity index is 2.01. The summed E-state index contributed by atoms with van der Waals surface area (Å²) in [5.41, 5.74) is 0. The van der Waals surface area contributed by atoms with Crippen molar-refractivity contribution in [2.24, 2.45) is 11.8 Å². The van der Waals surface area contributed by atoms with E-state index in [0.717, 1.165) is 30.5 Å². The summed E-state index contributed by atoms with van der Waals surface area (Å²) in [6.45, 7) is 7.08. The molecule has 1 saturated carbocycles. The molecule has 2 rings (SSSR count). The second-order valence-electron chi connectivity index (χ2n) is 6.24. The van der Waals surface area contributed by atoms with Gasteiger partial charge in [0.05, 0.1) is 0 Å². The summed E-state index contributed by atoms with van der Waals surface area (Å²) in [6.07, 6.45) is 5.77. The Morgan fingerprint density at radius 1 is 1.39 bits per heavy atom. The first kappa shape index (κ1) is 14.7. The van der Waals surface area contributed by atoms with Crippen molar-refractivity contribution >= 4 is 11.8 Å². The molecule has 4 atom stereocenters. The van der Waals surface area contributed by atoms with Crippen molar-refractivity contribution in [2.45, 2.75) is 51.6 Å². The first-order valence-electron chi connectivity index (χ1n) is 7.73. The summed E-state index contributed by atoms with van der Waals surface area (Å²) in [6, 6.07) is 1.47. The van der Waals surface area contributed by atoms with Gasteiger partial charge in [-0.25, -0.2) is 0 Å². The van der Waals surface area contributed by atoms with Crippen LogP contribution in [0.3, 0.4) is 0 Å². The molecule has 0 aromatic carbocycles. The minimum Gasteiger partial charge on any atom is -0.312 e. The van der Waals surface area contributed by atoms with Gasteiger partial charge in [0, 0.05) is 30.1 Å². The molecule has 0 amide bonds. The van der Waals surface area contributed by atoms with Crippen molar-refractivity contribution in [3.63, 3.8) is 0 Å². The Morgan fingerprint density at radius 2 is 2.22 bits per heavy atom. The van der Waals surface area contributed by atoms with Crippen molar-refractivity contribution in [1.29, 1.82) is 0 Å². The third kappa shape index (κ3) is 3.64. The molecule has 3 heteroatoms. The number of rotatable bonds is 4. The second kappa shape index (κ2) is 7.16. The molecule has 0 aromatic heterocycles. The Labute approximate surface area is 117 Å². The maximum absolute atomic E-state index is 3.82. The van der Waals surface area contributed by atoms with Crippen molar-refractivity contribution in [3.8, 4) is 0 Å². The zero-order chi connectivity index (χ0) is 13.0. The van der Waals surface area contributed by atoms with Crippen LogP contribution in [0.2, 0.25) is 0 Å². The quantitative estimate of drug-likeness (QED) is 0.846. The van der Waals surface area contributed by atoms with Crippen LogP contribution in [-0.4, -0.2) is 48.6 Å². The van der Waals surface area contributed by atoms with E-state index in [4.69, 9.17) is 0 Å². The standard InChI is InChI=1S/C15H30N2S/c1-4-16-15(13-7-5-6-12(2)10-13)14-11-18-9-8-17(14)3/h12-16H,4-11H2,1-3H3. The molecule has 0 bridgehead atoms. The average Bonchev–Trinajstić information content (AvgIpc) is 2.37. The number of hydrogen-bond donors (Lipinski definition) is 1. The van der Waals surface area contributed by atoms with Crippen LogP contribution in [0.15, 0.2) is 0 Å². The molecular formula is C15H30N2S. The molecule has 1 aliphatic heterocycles. The second-order valence-corrected chi connectivity index (χ2v) is 7.39. The number of likely N-dealkylation sites (N-methyl/N-ethyl adjacent to an activating group) is 2. The largest absolute Gasteiger partial charge is 0.312 e. The molecule has 2 aliphatic rings. The van der Waals surface area contributed by atoms with Crippen LogP contribution in [-0.2, 0) is 0 Å². The zero-order valence-electron chi connectivity index (χ0n) is 12.3. The Morgan fingerprint density at radius 3 is 2.89 bits per heavy atom. The van der Waals surface area contributed by atoms with Crippen LogP contribution in [0.5, 0.6) is 0 Å². The van der Waals surface area contributed by atoms with Gasteiger partial charge in [0.15, 0.2) is 0 Å². The fourth-order valence-electron chi connectivity index (χ4n) is 3.74. The van der Waals surface area contributed by atoms with E-state index in [1.807, 2.05) is 0 Å². The molecule has 1 N–H and O–H groups in total. The Kier molecular flexibility index (Phi) is 5.84. The number of nitrogens with zero attached hydrogens (tertiary/aromatic N) is 1. The lowest BCUT2D eigenvalue weighted by atomic mass is 9.76. The van der Waals surface area contributed by atoms with E-state index in [2.05, 4.69) is 42.9 Å². The van der Waals surface area contributed by atoms with E-state index in [1.165, 1.54) is 43.7 Å². The first-order valence-corrected chi connectivity index (χ1v) is 8.89. The third-order valence-corrected chi connectivity index (χ3v) is 5.83. The van der Waals surface area contributed by atoms with Gasteiger partial charge in [-0.3, -0.25) is 0 Å². The van der Waals surface area contributed by atoms with Gasteiger partial charge in [-0.05, 0) is 38.3 Å². The van der Waals surface area contributed by atoms with E-state index in [0.29, 0.717) is 0 Å². The molecule has 0 spiro atoms. The molecule has 1 saturated heterocycles. The van der Waals surface area contributed by atoms with Crippen molar-refractivity contribution in [3.05, 3.63) is 0 Å². The summed E-state index contributed by atoms with van der Waals surface area (Å²) < 4.78 is 0. The van der Waals surface area contributed by atoms with Gasteiger partial charge in [-0.2, -0.15) is 11.8 Å². The van der Waals surface area contributed by atoms with Crippen LogP contribution < -0.4 is 5.32 Å². The number of hydrogen-bond acceptors (Lipinski definition) is 3. The highest BCUT2D eigenvalue weighted by atomic mass is 32.2. The molecule has 1 aliphatic carbocycles. The van der Waals surface area contributed by atoms with E-state index in [1.54, 1.807) is 0 Å². The smallest absolute Gasteiger partial charge is 0.0339 e. The highest BCUT2D eigenvalue weighted by molar-refractivity contribution is 7.99. The van der Waals surface area contributed by atoms with E-state index in [-0.39, 0.29) is 0 Å². The maximum Gasteiger partial charge on any atom is 0.0339 e. The lowest BCUT2D eigenvalue weighted by Gasteiger charge is -2.43. The number of thioether (sulfide) groups is 1. The lowest BCUT2D eigenvalue weighted by Crippen LogP contribution is -2.56. The molecule has 18 heavy (non-hydrogen) atoms. The van der Waals surface area contributed by atoms with Gasteiger partial charge in [-0.1, -0.05) is 26.7 Å². The predicted molar refractivity (Wildman–Crippen MR) is 82.3 cm³/mol. The van der Waals surface area contributed by atoms with Gasteiger partial charge in [-0.15, -0.1) is 0 Å². The summed E-state index contributed by atoms with van der Waals surface area (Å²) in [4.78, 5) is 2.60. The topological polar surface area (TPSA) is 15.3 Å². The van der Waals surface area contributed by atoms with Crippen LogP contribution in [0.25, 0.3) is 0 Å². The molecule has 0 aromatic rings. The summed E-state index contributed by atoms with van der Waals surface area (Å²) >= 11 is 2.14. The summed E-state index contributed by atoms with van der Waals surface area (Å²) in [5, 5.41) is 3.82. The minimum atomic E-state index is 0.718. The molecule has 4 unspecified atom stereocenters.